The predicted molar refractivity (Wildman–Crippen MR) is 115 cm³/mol. The Hall–Kier alpha value is -2.49. The standard InChI is InChI=1S/C24H33NO3/c1-3-5-6-18-27-23-16-12-21(13-17-23)25-24(26)9-7-19-28-22-14-10-20(8-4-2)11-15-22/h10-17H,3-9,18-19H2,1-2H3,(H,25,26). The molecule has 0 aliphatic carbocycles. The highest BCUT2D eigenvalue weighted by Gasteiger charge is 2.04. The fourth-order valence-corrected chi connectivity index (χ4v) is 2.86. The molecule has 4 heteroatoms. The number of aryl methyl sites for hydroxylation is 1. The van der Waals surface area contributed by atoms with Crippen molar-refractivity contribution in [2.75, 3.05) is 18.5 Å². The van der Waals surface area contributed by atoms with Crippen LogP contribution in [0.3, 0.4) is 0 Å². The van der Waals surface area contributed by atoms with Crippen molar-refractivity contribution in [2.24, 2.45) is 0 Å². The van der Waals surface area contributed by atoms with Gasteiger partial charge < -0.3 is 14.8 Å². The van der Waals surface area contributed by atoms with E-state index < -0.39 is 0 Å². The van der Waals surface area contributed by atoms with Gasteiger partial charge in [0.25, 0.3) is 0 Å². The van der Waals surface area contributed by atoms with E-state index in [4.69, 9.17) is 9.47 Å². The molecule has 0 spiro atoms. The number of carbonyl (C=O) groups is 1. The smallest absolute Gasteiger partial charge is 0.224 e. The van der Waals surface area contributed by atoms with Crippen LogP contribution in [0.5, 0.6) is 11.5 Å². The summed E-state index contributed by atoms with van der Waals surface area (Å²) in [4.78, 5) is 12.1. The predicted octanol–water partition coefficient (Wildman–Crippen LogP) is 6.01. The lowest BCUT2D eigenvalue weighted by Crippen LogP contribution is -2.12. The second-order valence-corrected chi connectivity index (χ2v) is 6.97. The molecule has 4 nitrogen and oxygen atoms in total. The van der Waals surface area contributed by atoms with Crippen molar-refractivity contribution in [1.82, 2.24) is 0 Å². The van der Waals surface area contributed by atoms with Crippen molar-refractivity contribution in [3.05, 3.63) is 54.1 Å². The van der Waals surface area contributed by atoms with Gasteiger partial charge in [-0.3, -0.25) is 4.79 Å². The van der Waals surface area contributed by atoms with Crippen LogP contribution in [-0.4, -0.2) is 19.1 Å². The molecule has 1 N–H and O–H groups in total. The zero-order valence-electron chi connectivity index (χ0n) is 17.2. The molecule has 0 unspecified atom stereocenters. The maximum absolute atomic E-state index is 12.1. The normalized spacial score (nSPS) is 10.5. The summed E-state index contributed by atoms with van der Waals surface area (Å²) < 4.78 is 11.4. The number of carbonyl (C=O) groups excluding carboxylic acids is 1. The monoisotopic (exact) mass is 383 g/mol. The van der Waals surface area contributed by atoms with Crippen molar-refractivity contribution in [3.8, 4) is 11.5 Å². The highest BCUT2D eigenvalue weighted by atomic mass is 16.5. The van der Waals surface area contributed by atoms with Gasteiger partial charge in [-0.05, 0) is 61.2 Å². The van der Waals surface area contributed by atoms with Gasteiger partial charge in [0, 0.05) is 12.1 Å². The second-order valence-electron chi connectivity index (χ2n) is 6.97. The maximum Gasteiger partial charge on any atom is 0.224 e. The largest absolute Gasteiger partial charge is 0.494 e. The van der Waals surface area contributed by atoms with Gasteiger partial charge in [-0.25, -0.2) is 0 Å². The number of ether oxygens (including phenoxy) is 2. The number of rotatable bonds is 13. The van der Waals surface area contributed by atoms with Crippen LogP contribution in [0, 0.1) is 0 Å². The van der Waals surface area contributed by atoms with Crippen LogP contribution < -0.4 is 14.8 Å². The molecule has 1 amide bonds. The Balaban J connectivity index is 1.62. The number of nitrogens with one attached hydrogen (secondary N) is 1. The zero-order chi connectivity index (χ0) is 20.0. The van der Waals surface area contributed by atoms with E-state index in [9.17, 15) is 4.79 Å². The Morgan fingerprint density at radius 1 is 0.786 bits per heavy atom. The van der Waals surface area contributed by atoms with Crippen LogP contribution in [0.1, 0.15) is 57.9 Å². The third-order valence-electron chi connectivity index (χ3n) is 4.43. The first kappa shape index (κ1) is 21.8. The number of anilines is 1. The van der Waals surface area contributed by atoms with Crippen LogP contribution in [-0.2, 0) is 11.2 Å². The van der Waals surface area contributed by atoms with E-state index in [1.807, 2.05) is 36.4 Å². The highest BCUT2D eigenvalue weighted by Crippen LogP contribution is 2.17. The van der Waals surface area contributed by atoms with Crippen molar-refractivity contribution in [1.29, 1.82) is 0 Å². The molecule has 28 heavy (non-hydrogen) atoms. The molecule has 0 radical (unpaired) electrons. The summed E-state index contributed by atoms with van der Waals surface area (Å²) in [7, 11) is 0. The van der Waals surface area contributed by atoms with Crippen LogP contribution >= 0.6 is 0 Å². The van der Waals surface area contributed by atoms with Crippen LogP contribution in [0.25, 0.3) is 0 Å². The summed E-state index contributed by atoms with van der Waals surface area (Å²) in [5.41, 5.74) is 2.12. The van der Waals surface area contributed by atoms with Gasteiger partial charge in [-0.2, -0.15) is 0 Å². The summed E-state index contributed by atoms with van der Waals surface area (Å²) >= 11 is 0. The summed E-state index contributed by atoms with van der Waals surface area (Å²) in [6, 6.07) is 15.7. The lowest BCUT2D eigenvalue weighted by Gasteiger charge is -2.09. The Kier molecular flexibility index (Phi) is 9.98. The number of hydrogen-bond donors (Lipinski definition) is 1. The van der Waals surface area contributed by atoms with Crippen LogP contribution in [0.15, 0.2) is 48.5 Å². The molecule has 152 valence electrons. The summed E-state index contributed by atoms with van der Waals surface area (Å²) in [6.45, 7) is 5.62. The molecule has 2 aromatic carbocycles. The topological polar surface area (TPSA) is 47.6 Å². The van der Waals surface area contributed by atoms with E-state index in [0.29, 0.717) is 19.4 Å². The molecule has 0 aromatic heterocycles. The first-order valence-electron chi connectivity index (χ1n) is 10.5. The van der Waals surface area contributed by atoms with Gasteiger partial charge in [-0.15, -0.1) is 0 Å². The maximum atomic E-state index is 12.1. The van der Waals surface area contributed by atoms with Crippen molar-refractivity contribution in [3.63, 3.8) is 0 Å². The Bertz CT molecular complexity index is 680. The van der Waals surface area contributed by atoms with E-state index in [1.54, 1.807) is 0 Å². The van der Waals surface area contributed by atoms with Crippen LogP contribution in [0.4, 0.5) is 5.69 Å². The molecule has 0 heterocycles. The van der Waals surface area contributed by atoms with E-state index in [2.05, 4.69) is 31.3 Å². The lowest BCUT2D eigenvalue weighted by atomic mass is 10.1. The van der Waals surface area contributed by atoms with E-state index >= 15 is 0 Å². The minimum Gasteiger partial charge on any atom is -0.494 e. The molecular weight excluding hydrogens is 350 g/mol. The molecule has 0 fully saturated rings. The van der Waals surface area contributed by atoms with E-state index in [0.717, 1.165) is 43.1 Å². The Morgan fingerprint density at radius 3 is 2.00 bits per heavy atom. The average molecular weight is 384 g/mol. The van der Waals surface area contributed by atoms with Gasteiger partial charge in [0.15, 0.2) is 0 Å². The third kappa shape index (κ3) is 8.47. The second kappa shape index (κ2) is 12.8. The fourth-order valence-electron chi connectivity index (χ4n) is 2.86. The first-order chi connectivity index (χ1) is 13.7. The van der Waals surface area contributed by atoms with Gasteiger partial charge in [0.1, 0.15) is 11.5 Å². The molecule has 0 saturated heterocycles. The molecule has 0 aliphatic rings. The SMILES string of the molecule is CCCCCOc1ccc(NC(=O)CCCOc2ccc(CCC)cc2)cc1. The van der Waals surface area contributed by atoms with Crippen molar-refractivity contribution >= 4 is 11.6 Å². The number of amides is 1. The molecule has 0 atom stereocenters. The molecule has 0 aliphatic heterocycles. The third-order valence-corrected chi connectivity index (χ3v) is 4.43. The van der Waals surface area contributed by atoms with Gasteiger partial charge in [0.2, 0.25) is 5.91 Å². The average Bonchev–Trinajstić information content (AvgIpc) is 2.71. The summed E-state index contributed by atoms with van der Waals surface area (Å²) in [5, 5.41) is 2.92. The summed E-state index contributed by atoms with van der Waals surface area (Å²) in [6.07, 6.45) is 6.79. The van der Waals surface area contributed by atoms with E-state index in [1.165, 1.54) is 18.4 Å². The van der Waals surface area contributed by atoms with Gasteiger partial charge in [0.05, 0.1) is 13.2 Å². The fraction of sp³-hybridized carbons (Fsp3) is 0.458. The minimum atomic E-state index is -0.00138. The minimum absolute atomic E-state index is 0.00138. The number of hydrogen-bond acceptors (Lipinski definition) is 3. The number of benzene rings is 2. The van der Waals surface area contributed by atoms with Crippen molar-refractivity contribution < 1.29 is 14.3 Å². The molecule has 0 bridgehead atoms. The molecule has 2 aromatic rings. The molecule has 0 saturated carbocycles. The molecular formula is C24H33NO3. The summed E-state index contributed by atoms with van der Waals surface area (Å²) in [5.74, 6) is 1.70. The Morgan fingerprint density at radius 2 is 1.39 bits per heavy atom. The van der Waals surface area contributed by atoms with Crippen LogP contribution in [0.2, 0.25) is 0 Å². The lowest BCUT2D eigenvalue weighted by molar-refractivity contribution is -0.116. The quantitative estimate of drug-likeness (QED) is 0.431. The zero-order valence-corrected chi connectivity index (χ0v) is 17.2. The number of unbranched alkanes of at least 4 members (excludes halogenated alkanes) is 2. The van der Waals surface area contributed by atoms with Crippen molar-refractivity contribution in [2.45, 2.75) is 58.8 Å². The Labute approximate surface area is 169 Å². The van der Waals surface area contributed by atoms with Gasteiger partial charge >= 0.3 is 0 Å². The van der Waals surface area contributed by atoms with Gasteiger partial charge in [-0.1, -0.05) is 45.2 Å². The highest BCUT2D eigenvalue weighted by molar-refractivity contribution is 5.90. The first-order valence-corrected chi connectivity index (χ1v) is 10.5. The van der Waals surface area contributed by atoms with E-state index in [-0.39, 0.29) is 5.91 Å². The molecule has 2 rings (SSSR count).